The van der Waals surface area contributed by atoms with Crippen molar-refractivity contribution in [2.24, 2.45) is 0 Å². The molecule has 0 saturated carbocycles. The van der Waals surface area contributed by atoms with Gasteiger partial charge in [-0.25, -0.2) is 0 Å². The summed E-state index contributed by atoms with van der Waals surface area (Å²) in [5.74, 6) is 0.948. The molecule has 0 spiro atoms. The van der Waals surface area contributed by atoms with E-state index in [4.69, 9.17) is 22.2 Å². The third-order valence-electron chi connectivity index (χ3n) is 6.00. The van der Waals surface area contributed by atoms with Crippen LogP contribution in [0.3, 0.4) is 0 Å². The zero-order valence-electron chi connectivity index (χ0n) is 18.7. The van der Waals surface area contributed by atoms with Crippen molar-refractivity contribution < 1.29 is 0 Å². The van der Waals surface area contributed by atoms with Gasteiger partial charge in [-0.05, 0) is 61.7 Å². The van der Waals surface area contributed by atoms with Crippen molar-refractivity contribution in [1.82, 2.24) is 0 Å². The first-order chi connectivity index (χ1) is 13.8. The Hall–Kier alpha value is -0.763. The number of hydrogen-bond acceptors (Lipinski definition) is 0. The number of unbranched alkanes of at least 4 members (excludes halogenated alkanes) is 2. The Morgan fingerprint density at radius 2 is 1.00 bits per heavy atom. The fourth-order valence-corrected chi connectivity index (χ4v) is 8.88. The second-order valence-corrected chi connectivity index (χ2v) is 16.2. The smallest absolute Gasteiger partial charge is 0.146 e. The van der Waals surface area contributed by atoms with Gasteiger partial charge < -0.3 is 0 Å². The predicted octanol–water partition coefficient (Wildman–Crippen LogP) is 9.47. The number of aryl methyl sites for hydroxylation is 2. The molecule has 2 rings (SSSR count). The van der Waals surface area contributed by atoms with Gasteiger partial charge in [-0.15, -0.1) is 22.2 Å². The molecule has 0 aromatic heterocycles. The van der Waals surface area contributed by atoms with E-state index in [1.165, 1.54) is 60.8 Å². The molecule has 0 nitrogen and oxygen atoms in total. The van der Waals surface area contributed by atoms with Crippen LogP contribution in [-0.2, 0) is 0 Å². The van der Waals surface area contributed by atoms with Gasteiger partial charge in [-0.3, -0.25) is 0 Å². The van der Waals surface area contributed by atoms with Gasteiger partial charge in [0, 0.05) is 0 Å². The summed E-state index contributed by atoms with van der Waals surface area (Å²) in [6, 6.07) is 19.9. The zero-order valence-corrected chi connectivity index (χ0v) is 21.2. The van der Waals surface area contributed by atoms with Crippen molar-refractivity contribution in [3.8, 4) is 0 Å². The average molecular weight is 450 g/mol. The number of hydrogen-bond donors (Lipinski definition) is 0. The molecule has 0 fully saturated rings. The Morgan fingerprint density at radius 1 is 0.655 bits per heavy atom. The van der Waals surface area contributed by atoms with Crippen LogP contribution in [0.25, 0.3) is 0 Å². The number of halogens is 2. The first-order valence-corrected chi connectivity index (χ1v) is 15.8. The van der Waals surface area contributed by atoms with Crippen LogP contribution < -0.4 is 0 Å². The third-order valence-corrected chi connectivity index (χ3v) is 10.0. The molecule has 0 saturated heterocycles. The molecule has 3 heteroatoms. The average Bonchev–Trinajstić information content (AvgIpc) is 2.69. The second kappa shape index (κ2) is 12.2. The summed E-state index contributed by atoms with van der Waals surface area (Å²) < 4.78 is 0. The van der Waals surface area contributed by atoms with E-state index in [-0.39, 0.29) is 0 Å². The highest BCUT2D eigenvalue weighted by molar-refractivity contribution is 7.45. The van der Waals surface area contributed by atoms with Gasteiger partial charge in [-0.2, -0.15) is 0 Å². The maximum Gasteiger partial charge on any atom is 0.252 e. The molecular weight excluding hydrogens is 411 g/mol. The second-order valence-electron chi connectivity index (χ2n) is 8.76. The molecule has 0 aliphatic heterocycles. The lowest BCUT2D eigenvalue weighted by Gasteiger charge is -2.28. The monoisotopic (exact) mass is 448 g/mol. The molecule has 0 radical (unpaired) electrons. The topological polar surface area (TPSA) is 0 Å². The molecule has 0 bridgehead atoms. The third kappa shape index (κ3) is 8.48. The summed E-state index contributed by atoms with van der Waals surface area (Å²) in [6.45, 7) is 6.43. The lowest BCUT2D eigenvalue weighted by molar-refractivity contribution is 0.604. The first kappa shape index (κ1) is 24.5. The van der Waals surface area contributed by atoms with Crippen LogP contribution in [0.15, 0.2) is 48.5 Å². The minimum atomic E-state index is -2.38. The fourth-order valence-electron chi connectivity index (χ4n) is 4.16. The number of benzene rings is 2. The maximum atomic E-state index is 7.15. The van der Waals surface area contributed by atoms with Crippen molar-refractivity contribution >= 4 is 28.9 Å². The summed E-state index contributed by atoms with van der Waals surface area (Å²) in [5, 5.41) is 0. The highest BCUT2D eigenvalue weighted by atomic mass is 35.7. The summed E-state index contributed by atoms with van der Waals surface area (Å²) in [6.07, 6.45) is 7.24. The maximum absolute atomic E-state index is 7.15. The van der Waals surface area contributed by atoms with Crippen LogP contribution in [-0.4, -0.2) is 6.69 Å². The van der Waals surface area contributed by atoms with Crippen LogP contribution >= 0.6 is 22.2 Å². The van der Waals surface area contributed by atoms with Crippen LogP contribution in [0.4, 0.5) is 0 Å². The standard InChI is InChI=1S/C26H38Cl2Si/c1-5-7-9-25(23-15-11-21(3)12-16-23)19-29(27,28)20-26(10-8-6-2)24-17-13-22(4)14-18-24/h11-18,25-26H,5-10,19-20H2,1-4H3. The van der Waals surface area contributed by atoms with E-state index in [0.717, 1.165) is 12.1 Å². The van der Waals surface area contributed by atoms with E-state index in [2.05, 4.69) is 76.2 Å². The number of rotatable bonds is 12. The van der Waals surface area contributed by atoms with Gasteiger partial charge in [0.25, 0.3) is 6.69 Å². The predicted molar refractivity (Wildman–Crippen MR) is 134 cm³/mol. The SMILES string of the molecule is CCCCC(C[Si](Cl)(Cl)CC(CCCC)c1ccc(C)cc1)c1ccc(C)cc1. The molecule has 0 heterocycles. The van der Waals surface area contributed by atoms with Crippen molar-refractivity contribution in [3.63, 3.8) is 0 Å². The lowest BCUT2D eigenvalue weighted by atomic mass is 9.94. The summed E-state index contributed by atoms with van der Waals surface area (Å²) in [7, 11) is 0. The molecule has 160 valence electrons. The van der Waals surface area contributed by atoms with Crippen molar-refractivity contribution in [2.45, 2.75) is 90.1 Å². The van der Waals surface area contributed by atoms with Gasteiger partial charge in [0.2, 0.25) is 0 Å². The minimum Gasteiger partial charge on any atom is -0.146 e. The largest absolute Gasteiger partial charge is 0.252 e. The Morgan fingerprint density at radius 3 is 1.31 bits per heavy atom. The molecule has 2 unspecified atom stereocenters. The lowest BCUT2D eigenvalue weighted by Crippen LogP contribution is -2.25. The van der Waals surface area contributed by atoms with Crippen LogP contribution in [0, 0.1) is 13.8 Å². The Bertz CT molecular complexity index is 645. The first-order valence-electron chi connectivity index (χ1n) is 11.4. The van der Waals surface area contributed by atoms with Crippen LogP contribution in [0.5, 0.6) is 0 Å². The van der Waals surface area contributed by atoms with E-state index in [0.29, 0.717) is 11.8 Å². The molecule has 0 aliphatic carbocycles. The molecule has 0 N–H and O–H groups in total. The quantitative estimate of drug-likeness (QED) is 0.224. The van der Waals surface area contributed by atoms with Crippen molar-refractivity contribution in [2.75, 3.05) is 0 Å². The van der Waals surface area contributed by atoms with E-state index >= 15 is 0 Å². The Labute approximate surface area is 189 Å². The van der Waals surface area contributed by atoms with Gasteiger partial charge in [0.05, 0.1) is 0 Å². The van der Waals surface area contributed by atoms with E-state index in [1.54, 1.807) is 0 Å². The minimum absolute atomic E-state index is 0.474. The summed E-state index contributed by atoms with van der Waals surface area (Å²) in [5.41, 5.74) is 5.43. The highest BCUT2D eigenvalue weighted by Crippen LogP contribution is 2.42. The summed E-state index contributed by atoms with van der Waals surface area (Å²) >= 11 is 14.3. The normalized spacial score (nSPS) is 14.0. The summed E-state index contributed by atoms with van der Waals surface area (Å²) in [4.78, 5) is 0. The fraction of sp³-hybridized carbons (Fsp3) is 0.538. The molecule has 2 atom stereocenters. The van der Waals surface area contributed by atoms with Gasteiger partial charge in [0.1, 0.15) is 0 Å². The van der Waals surface area contributed by atoms with Gasteiger partial charge in [-0.1, -0.05) is 99.2 Å². The van der Waals surface area contributed by atoms with E-state index in [1.807, 2.05) is 0 Å². The Balaban J connectivity index is 2.16. The van der Waals surface area contributed by atoms with Gasteiger partial charge >= 0.3 is 0 Å². The Kier molecular flexibility index (Phi) is 10.3. The molecular formula is C26H38Cl2Si. The van der Waals surface area contributed by atoms with Gasteiger partial charge in [0.15, 0.2) is 0 Å². The highest BCUT2D eigenvalue weighted by Gasteiger charge is 2.35. The zero-order chi connectivity index (χ0) is 21.3. The molecule has 2 aromatic carbocycles. The van der Waals surface area contributed by atoms with E-state index < -0.39 is 6.69 Å². The molecule has 0 aliphatic rings. The van der Waals surface area contributed by atoms with Crippen molar-refractivity contribution in [1.29, 1.82) is 0 Å². The van der Waals surface area contributed by atoms with Crippen LogP contribution in [0.1, 0.15) is 86.5 Å². The van der Waals surface area contributed by atoms with Crippen LogP contribution in [0.2, 0.25) is 12.1 Å². The van der Waals surface area contributed by atoms with Crippen molar-refractivity contribution in [3.05, 3.63) is 70.8 Å². The molecule has 2 aromatic rings. The molecule has 29 heavy (non-hydrogen) atoms. The molecule has 0 amide bonds. The van der Waals surface area contributed by atoms with E-state index in [9.17, 15) is 0 Å².